The Kier molecular flexibility index (Phi) is 6.56. The number of hydrogen-bond acceptors (Lipinski definition) is 7. The zero-order valence-electron chi connectivity index (χ0n) is 19.7. The molecule has 1 aliphatic heterocycles. The topological polar surface area (TPSA) is 82.5 Å². The second-order valence-electron chi connectivity index (χ2n) is 8.20. The van der Waals surface area contributed by atoms with Crippen LogP contribution in [0.15, 0.2) is 45.7 Å². The normalized spacial score (nSPS) is 16.8. The van der Waals surface area contributed by atoms with Gasteiger partial charge < -0.3 is 10.2 Å². The fourth-order valence-electron chi connectivity index (χ4n) is 3.95. The molecule has 0 radical (unpaired) electrons. The van der Waals surface area contributed by atoms with E-state index in [0.29, 0.717) is 5.95 Å². The van der Waals surface area contributed by atoms with Crippen LogP contribution in [0.4, 0.5) is 22.5 Å². The van der Waals surface area contributed by atoms with E-state index in [1.807, 2.05) is 31.0 Å². The van der Waals surface area contributed by atoms with Crippen molar-refractivity contribution in [1.29, 1.82) is 0 Å². The second-order valence-corrected chi connectivity index (χ2v) is 11.7. The molecule has 0 amide bonds. The molecule has 1 unspecified atom stereocenters. The van der Waals surface area contributed by atoms with Crippen molar-refractivity contribution in [3.8, 4) is 0 Å². The number of fused-ring (bicyclic) bond motifs is 1. The third kappa shape index (κ3) is 4.66. The summed E-state index contributed by atoms with van der Waals surface area (Å²) in [7, 11) is 1.13. The second kappa shape index (κ2) is 9.24. The largest absolute Gasteiger partial charge is 0.329 e. The number of nitrogens with zero attached hydrogens (tertiary/aromatic N) is 4. The smallest absolute Gasteiger partial charge is 0.229 e. The average Bonchev–Trinajstić information content (AvgIpc) is 3.33. The molecule has 1 aliphatic rings. The lowest BCUT2D eigenvalue weighted by Gasteiger charge is -2.18. The molecule has 7 nitrogen and oxygen atoms in total. The van der Waals surface area contributed by atoms with E-state index in [9.17, 15) is 4.21 Å². The van der Waals surface area contributed by atoms with E-state index in [2.05, 4.69) is 52.9 Å². The summed E-state index contributed by atoms with van der Waals surface area (Å²) in [4.78, 5) is 16.0. The molecule has 1 aromatic carbocycles. The average molecular weight is 483 g/mol. The monoisotopic (exact) mass is 482 g/mol. The summed E-state index contributed by atoms with van der Waals surface area (Å²) < 4.78 is 16.1. The molecule has 2 atom stereocenters. The number of hydrogen-bond donors (Lipinski definition) is 2. The zero-order valence-corrected chi connectivity index (χ0v) is 21.3. The third-order valence-electron chi connectivity index (χ3n) is 5.87. The first-order valence-electron chi connectivity index (χ1n) is 10.9. The number of anilines is 4. The van der Waals surface area contributed by atoms with Crippen LogP contribution in [-0.4, -0.2) is 40.2 Å². The summed E-state index contributed by atoms with van der Waals surface area (Å²) in [5, 5.41) is 6.35. The molecule has 9 heteroatoms. The summed E-state index contributed by atoms with van der Waals surface area (Å²) in [5.41, 5.74) is 3.29. The van der Waals surface area contributed by atoms with Crippen LogP contribution < -0.4 is 25.5 Å². The molecule has 33 heavy (non-hydrogen) atoms. The fourth-order valence-corrected chi connectivity index (χ4v) is 6.57. The Morgan fingerprint density at radius 1 is 1.24 bits per heavy atom. The van der Waals surface area contributed by atoms with Crippen LogP contribution in [0.25, 0.3) is 5.57 Å². The maximum atomic E-state index is 12.6. The molecule has 0 aliphatic carbocycles. The first kappa shape index (κ1) is 23.4. The predicted molar refractivity (Wildman–Crippen MR) is 140 cm³/mol. The van der Waals surface area contributed by atoms with Gasteiger partial charge in [-0.2, -0.15) is 4.98 Å². The molecule has 2 aromatic heterocycles. The number of rotatable bonds is 8. The Hall–Kier alpha value is -2.75. The molecule has 2 N–H and O–H groups in total. The lowest BCUT2D eigenvalue weighted by Crippen LogP contribution is -2.24. The Balaban J connectivity index is 1.59. The summed E-state index contributed by atoms with van der Waals surface area (Å²) >= 11 is 1.39. The molecular formula is C24H30N6OS2. The van der Waals surface area contributed by atoms with E-state index in [1.165, 1.54) is 22.1 Å². The highest BCUT2D eigenvalue weighted by Crippen LogP contribution is 2.32. The van der Waals surface area contributed by atoms with Gasteiger partial charge in [-0.3, -0.25) is 4.99 Å². The highest BCUT2D eigenvalue weighted by atomic mass is 32.2. The number of nitrogens with one attached hydrogen (secondary N) is 2. The number of aromatic nitrogens is 2. The van der Waals surface area contributed by atoms with Crippen molar-refractivity contribution in [2.45, 2.75) is 43.9 Å². The molecule has 174 valence electrons. The SMILES string of the molecule is C=S(=O)(NC)c1sc(Nc2nccc(N(C)c3ccc4c(c3)=N[C@H](CCC)C=4C)n2)cc1C. The van der Waals surface area contributed by atoms with Gasteiger partial charge in [0.15, 0.2) is 0 Å². The van der Waals surface area contributed by atoms with Gasteiger partial charge in [-0.15, -0.1) is 11.3 Å². The summed E-state index contributed by atoms with van der Waals surface area (Å²) in [6, 6.07) is 10.5. The van der Waals surface area contributed by atoms with Gasteiger partial charge >= 0.3 is 0 Å². The highest BCUT2D eigenvalue weighted by molar-refractivity contribution is 8.00. The van der Waals surface area contributed by atoms with Crippen LogP contribution >= 0.6 is 11.3 Å². The standard InChI is InChI=1S/C24H30N6OS2/c1-7-8-19-16(3)18-10-9-17(14-20(18)27-19)30(5)21-11-12-26-24(28-21)29-22-13-15(2)23(32-22)33(6,31)25-4/h9-14,19H,6-8H2,1-5H3,(H,25,31)(H,26,28,29)/t19-,33?/m1/s1. The first-order chi connectivity index (χ1) is 15.7. The van der Waals surface area contributed by atoms with Crippen LogP contribution in [0.1, 0.15) is 32.3 Å². The predicted octanol–water partition coefficient (Wildman–Crippen LogP) is 3.54. The Morgan fingerprint density at radius 3 is 2.76 bits per heavy atom. The molecule has 3 aromatic rings. The summed E-state index contributed by atoms with van der Waals surface area (Å²) in [6.45, 7) is 6.30. The van der Waals surface area contributed by atoms with Gasteiger partial charge in [-0.1, -0.05) is 19.4 Å². The van der Waals surface area contributed by atoms with E-state index in [1.54, 1.807) is 13.2 Å². The van der Waals surface area contributed by atoms with Crippen molar-refractivity contribution in [2.24, 2.45) is 4.99 Å². The maximum absolute atomic E-state index is 12.6. The Labute approximate surface area is 199 Å². The minimum atomic E-state index is -2.51. The van der Waals surface area contributed by atoms with Crippen LogP contribution in [0.5, 0.6) is 0 Å². The molecule has 0 fully saturated rings. The third-order valence-corrected chi connectivity index (χ3v) is 9.46. The number of benzene rings is 1. The summed E-state index contributed by atoms with van der Waals surface area (Å²) in [6.07, 6.45) is 3.93. The summed E-state index contributed by atoms with van der Waals surface area (Å²) in [5.74, 6) is 5.05. The van der Waals surface area contributed by atoms with Gasteiger partial charge in [0.2, 0.25) is 5.95 Å². The van der Waals surface area contributed by atoms with Crippen LogP contribution in [0.3, 0.4) is 0 Å². The van der Waals surface area contributed by atoms with Gasteiger partial charge in [-0.05, 0) is 68.6 Å². The number of thiophene rings is 1. The molecule has 0 saturated heterocycles. The number of aryl methyl sites for hydroxylation is 1. The maximum Gasteiger partial charge on any atom is 0.229 e. The van der Waals surface area contributed by atoms with Gasteiger partial charge in [0, 0.05) is 24.2 Å². The van der Waals surface area contributed by atoms with Crippen molar-refractivity contribution >= 4 is 54.9 Å². The molecule has 0 bridgehead atoms. The Bertz CT molecular complexity index is 1410. The van der Waals surface area contributed by atoms with E-state index < -0.39 is 9.71 Å². The van der Waals surface area contributed by atoms with E-state index >= 15 is 0 Å². The van der Waals surface area contributed by atoms with E-state index in [0.717, 1.165) is 44.5 Å². The van der Waals surface area contributed by atoms with Gasteiger partial charge in [0.1, 0.15) is 10.0 Å². The van der Waals surface area contributed by atoms with Crippen LogP contribution in [0, 0.1) is 6.92 Å². The lowest BCUT2D eigenvalue weighted by molar-refractivity contribution is 0.677. The lowest BCUT2D eigenvalue weighted by atomic mass is 10.0. The zero-order chi connectivity index (χ0) is 23.8. The molecule has 0 saturated carbocycles. The van der Waals surface area contributed by atoms with Crippen molar-refractivity contribution in [3.05, 3.63) is 52.7 Å². The molecular weight excluding hydrogens is 452 g/mol. The molecule has 4 rings (SSSR count). The minimum Gasteiger partial charge on any atom is -0.329 e. The molecule has 0 spiro atoms. The quantitative estimate of drug-likeness (QED) is 0.480. The van der Waals surface area contributed by atoms with Crippen LogP contribution in [-0.2, 0) is 9.71 Å². The van der Waals surface area contributed by atoms with Gasteiger partial charge in [0.05, 0.1) is 26.1 Å². The van der Waals surface area contributed by atoms with Gasteiger partial charge in [0.25, 0.3) is 0 Å². The van der Waals surface area contributed by atoms with Gasteiger partial charge in [-0.25, -0.2) is 13.9 Å². The van der Waals surface area contributed by atoms with E-state index in [-0.39, 0.29) is 6.04 Å². The minimum absolute atomic E-state index is 0.287. The molecule has 3 heterocycles. The van der Waals surface area contributed by atoms with Crippen molar-refractivity contribution in [3.63, 3.8) is 0 Å². The fraction of sp³-hybridized carbons (Fsp3) is 0.333. The van der Waals surface area contributed by atoms with Crippen molar-refractivity contribution < 1.29 is 4.21 Å². The van der Waals surface area contributed by atoms with Crippen molar-refractivity contribution in [1.82, 2.24) is 14.7 Å². The highest BCUT2D eigenvalue weighted by Gasteiger charge is 2.17. The van der Waals surface area contributed by atoms with Crippen molar-refractivity contribution in [2.75, 3.05) is 24.3 Å². The first-order valence-corrected chi connectivity index (χ1v) is 13.5. The van der Waals surface area contributed by atoms with Crippen LogP contribution in [0.2, 0.25) is 0 Å². The van der Waals surface area contributed by atoms with E-state index in [4.69, 9.17) is 9.98 Å². The Morgan fingerprint density at radius 2 is 2.03 bits per heavy atom.